The molecule has 0 heterocycles. The van der Waals surface area contributed by atoms with Gasteiger partial charge in [0.2, 0.25) is 22.3 Å². The Morgan fingerprint density at radius 3 is 1.25 bits per heavy atom. The van der Waals surface area contributed by atoms with Gasteiger partial charge >= 0.3 is 31.6 Å². The van der Waals surface area contributed by atoms with Crippen LogP contribution in [0.5, 0.6) is 23.0 Å². The average molecular weight is 721 g/mol. The van der Waals surface area contributed by atoms with Crippen molar-refractivity contribution in [2.24, 2.45) is 0 Å². The molecule has 254 valence electrons. The molecule has 2 N–H and O–H groups in total. The maximum absolute atomic E-state index is 13.4. The lowest BCUT2D eigenvalue weighted by molar-refractivity contribution is 0.480. The standard InChI is InChI=1S/C37H26N4O8S2/c38-40-31-21-33(27-7-1-3-9-29(27)35(31)42)50(44,45)48-25-15-11-23(12-16-25)37(19-5-6-20-37)24-13-17-26(18-14-24)49-51(46,47)34-22-32(41-39)36(43)30-10-4-2-8-28(30)34/h1-4,7-18,21-22H,5-6,19-20H2/p+2. The Morgan fingerprint density at radius 2 is 0.902 bits per heavy atom. The third kappa shape index (κ3) is 5.80. The van der Waals surface area contributed by atoms with Gasteiger partial charge in [-0.3, -0.25) is 0 Å². The van der Waals surface area contributed by atoms with Crippen LogP contribution in [0.4, 0.5) is 11.4 Å². The van der Waals surface area contributed by atoms with Crippen LogP contribution in [0.2, 0.25) is 0 Å². The van der Waals surface area contributed by atoms with Crippen LogP contribution in [0.25, 0.3) is 31.5 Å². The Kier molecular flexibility index (Phi) is 8.22. The largest absolute Gasteiger partial charge is 0.501 e. The van der Waals surface area contributed by atoms with Crippen LogP contribution in [0.3, 0.4) is 0 Å². The van der Waals surface area contributed by atoms with Gasteiger partial charge < -0.3 is 18.6 Å². The Hall–Kier alpha value is -6.22. The molecule has 0 spiro atoms. The number of nitrogens with zero attached hydrogens (tertiary/aromatic N) is 4. The van der Waals surface area contributed by atoms with Gasteiger partial charge in [-0.25, -0.2) is 0 Å². The number of hydrogen-bond acceptors (Lipinski definition) is 10. The van der Waals surface area contributed by atoms with Crippen molar-refractivity contribution in [1.82, 2.24) is 0 Å². The van der Waals surface area contributed by atoms with E-state index in [4.69, 9.17) is 8.37 Å². The fourth-order valence-corrected chi connectivity index (χ4v) is 9.23. The minimum atomic E-state index is -4.42. The number of aromatic hydroxyl groups is 2. The second-order valence-electron chi connectivity index (χ2n) is 12.2. The second kappa shape index (κ2) is 12.6. The fraction of sp³-hybridized carbons (Fsp3) is 0.135. The zero-order valence-electron chi connectivity index (χ0n) is 26.7. The van der Waals surface area contributed by atoms with Crippen molar-refractivity contribution in [2.75, 3.05) is 0 Å². The summed E-state index contributed by atoms with van der Waals surface area (Å²) in [7, 11) is -8.84. The van der Waals surface area contributed by atoms with Crippen molar-refractivity contribution in [1.29, 1.82) is 10.8 Å². The molecule has 12 nitrogen and oxygen atoms in total. The molecule has 0 aliphatic heterocycles. The van der Waals surface area contributed by atoms with E-state index in [9.17, 15) is 37.8 Å². The molecule has 0 saturated heterocycles. The van der Waals surface area contributed by atoms with Gasteiger partial charge in [-0.2, -0.15) is 16.8 Å². The van der Waals surface area contributed by atoms with Crippen LogP contribution in [0.1, 0.15) is 36.8 Å². The summed E-state index contributed by atoms with van der Waals surface area (Å²) in [4.78, 5) is 5.50. The molecule has 1 saturated carbocycles. The van der Waals surface area contributed by atoms with Gasteiger partial charge in [0.15, 0.2) is 9.95 Å². The summed E-state index contributed by atoms with van der Waals surface area (Å²) in [6.45, 7) is 0. The molecule has 6 aromatic carbocycles. The topological polar surface area (TPSA) is 183 Å². The lowest BCUT2D eigenvalue weighted by Gasteiger charge is -2.31. The summed E-state index contributed by atoms with van der Waals surface area (Å²) in [6.07, 6.45) is 3.48. The first-order valence-corrected chi connectivity index (χ1v) is 18.6. The van der Waals surface area contributed by atoms with Gasteiger partial charge in [0.05, 0.1) is 12.1 Å². The molecule has 0 atom stereocenters. The first-order chi connectivity index (χ1) is 24.5. The molecule has 0 aromatic heterocycles. The number of phenols is 2. The summed E-state index contributed by atoms with van der Waals surface area (Å²) in [6, 6.07) is 28.0. The van der Waals surface area contributed by atoms with E-state index in [1.165, 1.54) is 24.3 Å². The fourth-order valence-electron chi connectivity index (χ4n) is 6.92. The molecule has 14 heteroatoms. The SMILES string of the molecule is N#[N+]c1cc(S(=O)(=O)Oc2ccc(C3(c4ccc(OS(=O)(=O)c5cc([N+]#N)c(O)c6ccccc56)cc4)CCCC3)cc2)c2ccccc2c1O. The van der Waals surface area contributed by atoms with Crippen molar-refractivity contribution in [3.8, 4) is 23.0 Å². The highest BCUT2D eigenvalue weighted by Crippen LogP contribution is 2.48. The van der Waals surface area contributed by atoms with Crippen molar-refractivity contribution in [3.05, 3.63) is 130 Å². The Balaban J connectivity index is 1.16. The van der Waals surface area contributed by atoms with Crippen LogP contribution >= 0.6 is 0 Å². The molecule has 1 aliphatic carbocycles. The van der Waals surface area contributed by atoms with E-state index in [2.05, 4.69) is 9.95 Å². The van der Waals surface area contributed by atoms with Gasteiger partial charge in [0.1, 0.15) is 21.3 Å². The average Bonchev–Trinajstić information content (AvgIpc) is 3.63. The maximum atomic E-state index is 13.4. The molecule has 0 bridgehead atoms. The van der Waals surface area contributed by atoms with E-state index < -0.39 is 25.7 Å². The number of rotatable bonds is 8. The normalized spacial score (nSPS) is 14.2. The summed E-state index contributed by atoms with van der Waals surface area (Å²) in [5, 5.41) is 40.3. The highest BCUT2D eigenvalue weighted by atomic mass is 32.2. The Bertz CT molecular complexity index is 2480. The van der Waals surface area contributed by atoms with Gasteiger partial charge in [-0.15, -0.1) is 0 Å². The zero-order chi connectivity index (χ0) is 36.0. The number of hydrogen-bond donors (Lipinski definition) is 2. The predicted octanol–water partition coefficient (Wildman–Crippen LogP) is 8.77. The molecule has 6 aromatic rings. The minimum absolute atomic E-state index is 0.0550. The number of phenolic OH excluding ortho intramolecular Hbond substituents is 2. The number of fused-ring (bicyclic) bond motifs is 2. The van der Waals surface area contributed by atoms with E-state index in [1.807, 2.05) is 0 Å². The lowest BCUT2D eigenvalue weighted by atomic mass is 9.73. The van der Waals surface area contributed by atoms with Crippen LogP contribution in [-0.4, -0.2) is 27.0 Å². The molecule has 0 unspecified atom stereocenters. The summed E-state index contributed by atoms with van der Waals surface area (Å²) >= 11 is 0. The first-order valence-electron chi connectivity index (χ1n) is 15.8. The highest BCUT2D eigenvalue weighted by Gasteiger charge is 2.38. The van der Waals surface area contributed by atoms with Crippen LogP contribution in [0, 0.1) is 10.8 Å². The Labute approximate surface area is 292 Å². The smallest absolute Gasteiger partial charge is 0.428 e. The highest BCUT2D eigenvalue weighted by molar-refractivity contribution is 7.87. The molecule has 0 radical (unpaired) electrons. The molecular formula is C37H28N4O8S2+2. The summed E-state index contributed by atoms with van der Waals surface area (Å²) in [5.74, 6) is -0.615. The molecular weight excluding hydrogens is 693 g/mol. The van der Waals surface area contributed by atoms with Crippen molar-refractivity contribution >= 4 is 53.2 Å². The van der Waals surface area contributed by atoms with Crippen molar-refractivity contribution in [3.63, 3.8) is 0 Å². The molecule has 7 rings (SSSR count). The minimum Gasteiger partial charge on any atom is -0.501 e. The number of diazo groups is 2. The quantitative estimate of drug-likeness (QED) is 0.114. The van der Waals surface area contributed by atoms with E-state index in [-0.39, 0.29) is 65.7 Å². The lowest BCUT2D eigenvalue weighted by Crippen LogP contribution is -2.23. The van der Waals surface area contributed by atoms with Crippen molar-refractivity contribution < 1.29 is 35.4 Å². The maximum Gasteiger partial charge on any atom is 0.428 e. The van der Waals surface area contributed by atoms with Crippen LogP contribution < -0.4 is 8.37 Å². The summed E-state index contributed by atoms with van der Waals surface area (Å²) in [5.41, 5.74) is 0.759. The predicted molar refractivity (Wildman–Crippen MR) is 188 cm³/mol. The third-order valence-corrected chi connectivity index (χ3v) is 11.9. The third-order valence-electron chi connectivity index (χ3n) is 9.35. The van der Waals surface area contributed by atoms with E-state index in [1.54, 1.807) is 72.8 Å². The molecule has 1 aliphatic rings. The molecule has 1 fully saturated rings. The van der Waals surface area contributed by atoms with Gasteiger partial charge in [0, 0.05) is 27.0 Å². The van der Waals surface area contributed by atoms with Gasteiger partial charge in [0.25, 0.3) is 0 Å². The van der Waals surface area contributed by atoms with Crippen molar-refractivity contribution in [2.45, 2.75) is 40.9 Å². The van der Waals surface area contributed by atoms with Crippen LogP contribution in [0.15, 0.2) is 119 Å². The van der Waals surface area contributed by atoms with E-state index in [0.29, 0.717) is 0 Å². The van der Waals surface area contributed by atoms with E-state index >= 15 is 0 Å². The zero-order valence-corrected chi connectivity index (χ0v) is 28.3. The second-order valence-corrected chi connectivity index (χ2v) is 15.2. The van der Waals surface area contributed by atoms with Crippen LogP contribution in [-0.2, 0) is 25.7 Å². The molecule has 0 amide bonds. The molecule has 51 heavy (non-hydrogen) atoms. The van der Waals surface area contributed by atoms with Gasteiger partial charge in [-0.1, -0.05) is 85.6 Å². The van der Waals surface area contributed by atoms with E-state index in [0.717, 1.165) is 48.9 Å². The first kappa shape index (κ1) is 33.3. The number of benzene rings is 6. The monoisotopic (exact) mass is 720 g/mol. The Morgan fingerprint density at radius 1 is 0.549 bits per heavy atom. The summed E-state index contributed by atoms with van der Waals surface area (Å²) < 4.78 is 64.8. The van der Waals surface area contributed by atoms with Gasteiger partial charge in [-0.05, 0) is 48.2 Å².